The van der Waals surface area contributed by atoms with E-state index in [1.165, 1.54) is 32.1 Å². The summed E-state index contributed by atoms with van der Waals surface area (Å²) in [5.41, 5.74) is 3.22. The van der Waals surface area contributed by atoms with E-state index in [1.807, 2.05) is 0 Å². The van der Waals surface area contributed by atoms with Crippen LogP contribution in [-0.4, -0.2) is 13.1 Å². The van der Waals surface area contributed by atoms with Gasteiger partial charge in [-0.3, -0.25) is 0 Å². The van der Waals surface area contributed by atoms with Gasteiger partial charge in [-0.1, -0.05) is 37.6 Å². The Balaban J connectivity index is 1.91. The number of aryl methyl sites for hydroxylation is 1. The molecule has 0 spiro atoms. The molecule has 0 atom stereocenters. The summed E-state index contributed by atoms with van der Waals surface area (Å²) in [5.74, 6) is 0.871. The molecule has 0 heterocycles. The van der Waals surface area contributed by atoms with E-state index >= 15 is 0 Å². The van der Waals surface area contributed by atoms with E-state index in [0.29, 0.717) is 0 Å². The van der Waals surface area contributed by atoms with Crippen molar-refractivity contribution in [2.24, 2.45) is 0 Å². The SMILES string of the molecule is CCNCCCc1ccccc1C1CCC1. The van der Waals surface area contributed by atoms with Gasteiger partial charge >= 0.3 is 0 Å². The maximum atomic E-state index is 3.40. The summed E-state index contributed by atoms with van der Waals surface area (Å²) < 4.78 is 0. The highest BCUT2D eigenvalue weighted by atomic mass is 14.8. The normalized spacial score (nSPS) is 16.1. The van der Waals surface area contributed by atoms with Crippen LogP contribution in [0.5, 0.6) is 0 Å². The summed E-state index contributed by atoms with van der Waals surface area (Å²) in [5, 5.41) is 3.40. The van der Waals surface area contributed by atoms with Crippen LogP contribution in [-0.2, 0) is 6.42 Å². The summed E-state index contributed by atoms with van der Waals surface area (Å²) in [6.45, 7) is 4.40. The van der Waals surface area contributed by atoms with Gasteiger partial charge in [-0.25, -0.2) is 0 Å². The average molecular weight is 217 g/mol. The smallest absolute Gasteiger partial charge is 0.00459 e. The Hall–Kier alpha value is -0.820. The molecular formula is C15H23N. The molecule has 1 nitrogen and oxygen atoms in total. The lowest BCUT2D eigenvalue weighted by Gasteiger charge is -2.28. The second-order valence-corrected chi connectivity index (χ2v) is 4.78. The van der Waals surface area contributed by atoms with Crippen molar-refractivity contribution in [1.29, 1.82) is 0 Å². The van der Waals surface area contributed by atoms with E-state index in [-0.39, 0.29) is 0 Å². The van der Waals surface area contributed by atoms with Gasteiger partial charge in [-0.2, -0.15) is 0 Å². The van der Waals surface area contributed by atoms with Crippen molar-refractivity contribution < 1.29 is 0 Å². The molecule has 1 saturated carbocycles. The number of hydrogen-bond acceptors (Lipinski definition) is 1. The van der Waals surface area contributed by atoms with Crippen molar-refractivity contribution in [1.82, 2.24) is 5.32 Å². The summed E-state index contributed by atoms with van der Waals surface area (Å²) in [7, 11) is 0. The van der Waals surface area contributed by atoms with Crippen LogP contribution in [0.3, 0.4) is 0 Å². The van der Waals surface area contributed by atoms with Gasteiger partial charge in [0.15, 0.2) is 0 Å². The van der Waals surface area contributed by atoms with Crippen molar-refractivity contribution in [2.75, 3.05) is 13.1 Å². The predicted octanol–water partition coefficient (Wildman–Crippen LogP) is 3.50. The minimum Gasteiger partial charge on any atom is -0.317 e. The first-order chi connectivity index (χ1) is 7.92. The maximum absolute atomic E-state index is 3.40. The predicted molar refractivity (Wildman–Crippen MR) is 69.9 cm³/mol. The van der Waals surface area contributed by atoms with Crippen LogP contribution in [0.25, 0.3) is 0 Å². The summed E-state index contributed by atoms with van der Waals surface area (Å²) >= 11 is 0. The highest BCUT2D eigenvalue weighted by molar-refractivity contribution is 5.31. The zero-order valence-corrected chi connectivity index (χ0v) is 10.3. The Kier molecular flexibility index (Phi) is 4.41. The first-order valence-electron chi connectivity index (χ1n) is 6.70. The molecule has 1 N–H and O–H groups in total. The molecule has 16 heavy (non-hydrogen) atoms. The molecule has 2 rings (SSSR count). The maximum Gasteiger partial charge on any atom is -0.00459 e. The molecule has 0 bridgehead atoms. The second kappa shape index (κ2) is 6.05. The van der Waals surface area contributed by atoms with Crippen molar-refractivity contribution in [2.45, 2.75) is 44.9 Å². The Morgan fingerprint density at radius 1 is 1.25 bits per heavy atom. The average Bonchev–Trinajstić information content (AvgIpc) is 2.24. The molecule has 1 fully saturated rings. The highest BCUT2D eigenvalue weighted by Gasteiger charge is 2.21. The van der Waals surface area contributed by atoms with E-state index < -0.39 is 0 Å². The van der Waals surface area contributed by atoms with Gasteiger partial charge in [0.2, 0.25) is 0 Å². The van der Waals surface area contributed by atoms with E-state index in [2.05, 4.69) is 36.5 Å². The Morgan fingerprint density at radius 3 is 2.75 bits per heavy atom. The zero-order valence-electron chi connectivity index (χ0n) is 10.3. The largest absolute Gasteiger partial charge is 0.317 e. The van der Waals surface area contributed by atoms with Gasteiger partial charge in [0.25, 0.3) is 0 Å². The topological polar surface area (TPSA) is 12.0 Å². The third-order valence-electron chi connectivity index (χ3n) is 3.65. The quantitative estimate of drug-likeness (QED) is 0.719. The minimum absolute atomic E-state index is 0.871. The Bertz CT molecular complexity index is 315. The lowest BCUT2D eigenvalue weighted by atomic mass is 9.77. The molecule has 0 unspecified atom stereocenters. The standard InChI is InChI=1S/C15H23N/c1-2-16-12-6-10-13-7-3-4-11-15(13)14-8-5-9-14/h3-4,7,11,14,16H,2,5-6,8-10,12H2,1H3. The lowest BCUT2D eigenvalue weighted by Crippen LogP contribution is -2.16. The molecular weight excluding hydrogens is 194 g/mol. The Morgan fingerprint density at radius 2 is 2.06 bits per heavy atom. The van der Waals surface area contributed by atoms with E-state index in [9.17, 15) is 0 Å². The highest BCUT2D eigenvalue weighted by Crippen LogP contribution is 2.38. The van der Waals surface area contributed by atoms with Gasteiger partial charge in [-0.05, 0) is 55.8 Å². The first kappa shape index (κ1) is 11.7. The van der Waals surface area contributed by atoms with Crippen LogP contribution >= 0.6 is 0 Å². The van der Waals surface area contributed by atoms with Crippen molar-refractivity contribution in [3.8, 4) is 0 Å². The Labute approximate surface area is 99.3 Å². The summed E-state index contributed by atoms with van der Waals surface area (Å²) in [6.07, 6.45) is 6.74. The van der Waals surface area contributed by atoms with Gasteiger partial charge < -0.3 is 5.32 Å². The van der Waals surface area contributed by atoms with Crippen LogP contribution in [0, 0.1) is 0 Å². The first-order valence-corrected chi connectivity index (χ1v) is 6.70. The van der Waals surface area contributed by atoms with E-state index in [0.717, 1.165) is 19.0 Å². The van der Waals surface area contributed by atoms with Gasteiger partial charge in [0.1, 0.15) is 0 Å². The van der Waals surface area contributed by atoms with Crippen LogP contribution in [0.4, 0.5) is 0 Å². The van der Waals surface area contributed by atoms with Crippen molar-refractivity contribution >= 4 is 0 Å². The fourth-order valence-corrected chi connectivity index (χ4v) is 2.46. The molecule has 1 aliphatic carbocycles. The summed E-state index contributed by atoms with van der Waals surface area (Å²) in [6, 6.07) is 9.04. The molecule has 0 radical (unpaired) electrons. The fourth-order valence-electron chi connectivity index (χ4n) is 2.46. The second-order valence-electron chi connectivity index (χ2n) is 4.78. The van der Waals surface area contributed by atoms with Crippen molar-refractivity contribution in [3.05, 3.63) is 35.4 Å². The molecule has 0 saturated heterocycles. The van der Waals surface area contributed by atoms with Crippen LogP contribution in [0.15, 0.2) is 24.3 Å². The molecule has 88 valence electrons. The lowest BCUT2D eigenvalue weighted by molar-refractivity contribution is 0.417. The van der Waals surface area contributed by atoms with Gasteiger partial charge in [-0.15, -0.1) is 0 Å². The summed E-state index contributed by atoms with van der Waals surface area (Å²) in [4.78, 5) is 0. The zero-order chi connectivity index (χ0) is 11.2. The monoisotopic (exact) mass is 217 g/mol. The van der Waals surface area contributed by atoms with Gasteiger partial charge in [0.05, 0.1) is 0 Å². The number of nitrogens with one attached hydrogen (secondary N) is 1. The number of rotatable bonds is 6. The van der Waals surface area contributed by atoms with E-state index in [4.69, 9.17) is 0 Å². The molecule has 1 aromatic rings. The minimum atomic E-state index is 0.871. The van der Waals surface area contributed by atoms with Crippen LogP contribution < -0.4 is 5.32 Å². The number of hydrogen-bond donors (Lipinski definition) is 1. The molecule has 1 aromatic carbocycles. The molecule has 0 aliphatic heterocycles. The molecule has 0 amide bonds. The van der Waals surface area contributed by atoms with Crippen LogP contribution in [0.1, 0.15) is 49.7 Å². The molecule has 1 heteroatoms. The molecule has 1 aliphatic rings. The van der Waals surface area contributed by atoms with Crippen LogP contribution in [0.2, 0.25) is 0 Å². The number of benzene rings is 1. The fraction of sp³-hybridized carbons (Fsp3) is 0.600. The third-order valence-corrected chi connectivity index (χ3v) is 3.65. The van der Waals surface area contributed by atoms with Crippen molar-refractivity contribution in [3.63, 3.8) is 0 Å². The molecule has 0 aromatic heterocycles. The van der Waals surface area contributed by atoms with E-state index in [1.54, 1.807) is 11.1 Å². The third kappa shape index (κ3) is 2.85. The van der Waals surface area contributed by atoms with Gasteiger partial charge in [0, 0.05) is 0 Å².